The highest BCUT2D eigenvalue weighted by atomic mass is 35.5. The van der Waals surface area contributed by atoms with Crippen LogP contribution in [0.5, 0.6) is 11.5 Å². The molecule has 6 nitrogen and oxygen atoms in total. The van der Waals surface area contributed by atoms with E-state index >= 15 is 0 Å². The van der Waals surface area contributed by atoms with Crippen LogP contribution >= 0.6 is 11.6 Å². The third-order valence-electron chi connectivity index (χ3n) is 6.64. The van der Waals surface area contributed by atoms with E-state index in [9.17, 15) is 9.18 Å². The number of aromatic nitrogens is 1. The van der Waals surface area contributed by atoms with Crippen molar-refractivity contribution < 1.29 is 23.4 Å². The molecule has 3 aromatic rings. The highest BCUT2D eigenvalue weighted by Gasteiger charge is 2.44. The van der Waals surface area contributed by atoms with Gasteiger partial charge in [-0.1, -0.05) is 11.6 Å². The van der Waals surface area contributed by atoms with Crippen molar-refractivity contribution in [3.63, 3.8) is 0 Å². The van der Waals surface area contributed by atoms with Crippen molar-refractivity contribution in [3.05, 3.63) is 76.8 Å². The number of benzene rings is 2. The molecule has 1 amide bonds. The Bertz CT molecular complexity index is 1230. The van der Waals surface area contributed by atoms with E-state index < -0.39 is 11.4 Å². The van der Waals surface area contributed by atoms with Crippen LogP contribution in [0.1, 0.15) is 28.9 Å². The van der Waals surface area contributed by atoms with E-state index in [2.05, 4.69) is 10.6 Å². The van der Waals surface area contributed by atoms with Crippen LogP contribution in [-0.4, -0.2) is 47.8 Å². The first-order valence-corrected chi connectivity index (χ1v) is 11.4. The van der Waals surface area contributed by atoms with Crippen molar-refractivity contribution in [1.82, 2.24) is 9.47 Å². The maximum Gasteiger partial charge on any atom is 0.253 e. The van der Waals surface area contributed by atoms with Gasteiger partial charge in [0.25, 0.3) is 5.91 Å². The molecule has 170 valence electrons. The van der Waals surface area contributed by atoms with Gasteiger partial charge >= 0.3 is 0 Å². The van der Waals surface area contributed by atoms with Crippen LogP contribution in [0.15, 0.2) is 54.7 Å². The summed E-state index contributed by atoms with van der Waals surface area (Å²) in [6.45, 7) is 1.91. The Morgan fingerprint density at radius 3 is 2.67 bits per heavy atom. The summed E-state index contributed by atoms with van der Waals surface area (Å²) in [5, 5.41) is 0.617. The lowest BCUT2D eigenvalue weighted by atomic mass is 9.86. The molecule has 2 saturated heterocycles. The number of nitrogens with zero attached hydrogens (tertiary/aromatic N) is 2. The summed E-state index contributed by atoms with van der Waals surface area (Å²) in [6.07, 6.45) is 3.14. The molecule has 3 aliphatic heterocycles. The monoisotopic (exact) mass is 468 g/mol. The quantitative estimate of drug-likeness (QED) is 0.565. The maximum atomic E-state index is 14.5. The number of piperidine rings is 1. The maximum absolute atomic E-state index is 14.5. The van der Waals surface area contributed by atoms with Crippen LogP contribution in [0.2, 0.25) is 5.02 Å². The number of carbonyl (C=O) groups excluding carboxylic acids is 1. The molecular formula is C25H22ClFN2O4. The molecule has 0 bridgehead atoms. The number of ether oxygens (including phenoxy) is 3. The standard InChI is InChI=1S/C25H22ClFN2O4/c26-17-4-5-20-22(13-17)33-25(23-2-1-9-29(20)23)7-10-28(11-8-25)24(30)16-3-6-21(19(27)12-16)32-18-14-31-15-18/h1-6,9,12-13,18H,7-8,10-11,14-15H2. The fourth-order valence-corrected chi connectivity index (χ4v) is 4.96. The Morgan fingerprint density at radius 1 is 1.12 bits per heavy atom. The molecule has 6 rings (SSSR count). The van der Waals surface area contributed by atoms with Crippen LogP contribution in [0, 0.1) is 5.82 Å². The molecule has 0 saturated carbocycles. The number of fused-ring (bicyclic) bond motifs is 4. The van der Waals surface area contributed by atoms with Crippen LogP contribution in [-0.2, 0) is 10.3 Å². The van der Waals surface area contributed by atoms with Crippen molar-refractivity contribution in [1.29, 1.82) is 0 Å². The van der Waals surface area contributed by atoms with Gasteiger partial charge in [-0.05, 0) is 42.5 Å². The van der Waals surface area contributed by atoms with Crippen LogP contribution in [0.4, 0.5) is 4.39 Å². The number of likely N-dealkylation sites (tertiary alicyclic amines) is 1. The lowest BCUT2D eigenvalue weighted by Crippen LogP contribution is -2.50. The van der Waals surface area contributed by atoms with Crippen molar-refractivity contribution in [2.75, 3.05) is 26.3 Å². The van der Waals surface area contributed by atoms with E-state index in [1.54, 1.807) is 11.0 Å². The largest absolute Gasteiger partial charge is 0.483 e. The lowest BCUT2D eigenvalue weighted by Gasteiger charge is -2.45. The van der Waals surface area contributed by atoms with E-state index in [1.165, 1.54) is 12.1 Å². The Labute approximate surface area is 195 Å². The molecule has 0 aliphatic carbocycles. The van der Waals surface area contributed by atoms with E-state index in [1.807, 2.05) is 30.5 Å². The normalized spacial score (nSPS) is 18.8. The summed E-state index contributed by atoms with van der Waals surface area (Å²) in [7, 11) is 0. The summed E-state index contributed by atoms with van der Waals surface area (Å²) in [5.41, 5.74) is 1.80. The van der Waals surface area contributed by atoms with E-state index in [-0.39, 0.29) is 17.8 Å². The molecule has 0 N–H and O–H groups in total. The van der Waals surface area contributed by atoms with E-state index in [4.69, 9.17) is 25.8 Å². The van der Waals surface area contributed by atoms with E-state index in [0.717, 1.165) is 17.1 Å². The molecule has 4 heterocycles. The fraction of sp³-hybridized carbons (Fsp3) is 0.320. The second-order valence-electron chi connectivity index (χ2n) is 8.69. The molecule has 8 heteroatoms. The summed E-state index contributed by atoms with van der Waals surface area (Å²) >= 11 is 6.21. The number of carbonyl (C=O) groups is 1. The van der Waals surface area contributed by atoms with Gasteiger partial charge in [0.2, 0.25) is 0 Å². The van der Waals surface area contributed by atoms with Crippen LogP contribution < -0.4 is 9.47 Å². The molecule has 1 aromatic heterocycles. The van der Waals surface area contributed by atoms with Gasteiger partial charge in [0.05, 0.1) is 24.6 Å². The topological polar surface area (TPSA) is 52.9 Å². The molecule has 0 unspecified atom stereocenters. The lowest BCUT2D eigenvalue weighted by molar-refractivity contribution is -0.0808. The third-order valence-corrected chi connectivity index (χ3v) is 6.88. The first-order chi connectivity index (χ1) is 16.0. The second kappa shape index (κ2) is 7.78. The number of rotatable bonds is 3. The Morgan fingerprint density at radius 2 is 1.94 bits per heavy atom. The van der Waals surface area contributed by atoms with Gasteiger partial charge < -0.3 is 23.7 Å². The van der Waals surface area contributed by atoms with Gasteiger partial charge in [-0.3, -0.25) is 4.79 Å². The van der Waals surface area contributed by atoms with Gasteiger partial charge in [-0.25, -0.2) is 4.39 Å². The Hall–Kier alpha value is -3.03. The van der Waals surface area contributed by atoms with Crippen molar-refractivity contribution in [3.8, 4) is 17.2 Å². The molecule has 0 atom stereocenters. The zero-order valence-electron chi connectivity index (χ0n) is 17.8. The molecule has 2 fully saturated rings. The van der Waals surface area contributed by atoms with Gasteiger partial charge in [-0.15, -0.1) is 0 Å². The smallest absolute Gasteiger partial charge is 0.253 e. The van der Waals surface area contributed by atoms with Crippen molar-refractivity contribution in [2.45, 2.75) is 24.5 Å². The second-order valence-corrected chi connectivity index (χ2v) is 9.12. The Balaban J connectivity index is 1.19. The zero-order chi connectivity index (χ0) is 22.6. The van der Waals surface area contributed by atoms with Crippen molar-refractivity contribution in [2.24, 2.45) is 0 Å². The highest BCUT2D eigenvalue weighted by molar-refractivity contribution is 6.30. The molecule has 0 radical (unpaired) electrons. The minimum Gasteiger partial charge on any atom is -0.483 e. The zero-order valence-corrected chi connectivity index (χ0v) is 18.6. The van der Waals surface area contributed by atoms with Crippen LogP contribution in [0.25, 0.3) is 5.69 Å². The molecule has 3 aliphatic rings. The van der Waals surface area contributed by atoms with Gasteiger partial charge in [0.1, 0.15) is 11.9 Å². The predicted octanol–water partition coefficient (Wildman–Crippen LogP) is 4.57. The van der Waals surface area contributed by atoms with Gasteiger partial charge in [0, 0.05) is 48.8 Å². The average molecular weight is 469 g/mol. The minimum absolute atomic E-state index is 0.131. The molecule has 33 heavy (non-hydrogen) atoms. The van der Waals surface area contributed by atoms with Crippen LogP contribution in [0.3, 0.4) is 0 Å². The summed E-state index contributed by atoms with van der Waals surface area (Å²) < 4.78 is 33.8. The number of hydrogen-bond donors (Lipinski definition) is 0. The predicted molar refractivity (Wildman–Crippen MR) is 120 cm³/mol. The summed E-state index contributed by atoms with van der Waals surface area (Å²) in [6, 6.07) is 14.1. The number of halogens is 2. The third kappa shape index (κ3) is 3.47. The molecule has 1 spiro atoms. The Kier molecular flexibility index (Phi) is 4.85. The first kappa shape index (κ1) is 20.6. The number of hydrogen-bond acceptors (Lipinski definition) is 4. The SMILES string of the molecule is O=C(c1ccc(OC2COC2)c(F)c1)N1CCC2(CC1)Oc1cc(Cl)ccc1-n1cccc12. The minimum atomic E-state index is -0.539. The van der Waals surface area contributed by atoms with E-state index in [0.29, 0.717) is 49.7 Å². The molecular weight excluding hydrogens is 447 g/mol. The van der Waals surface area contributed by atoms with Gasteiger partial charge in [0.15, 0.2) is 17.2 Å². The molecule has 2 aromatic carbocycles. The van der Waals surface area contributed by atoms with Crippen molar-refractivity contribution >= 4 is 17.5 Å². The number of amides is 1. The van der Waals surface area contributed by atoms with Gasteiger partial charge in [-0.2, -0.15) is 0 Å². The highest BCUT2D eigenvalue weighted by Crippen LogP contribution is 2.45. The summed E-state index contributed by atoms with van der Waals surface area (Å²) in [5.74, 6) is 0.145. The average Bonchev–Trinajstić information content (AvgIpc) is 3.28. The first-order valence-electron chi connectivity index (χ1n) is 11.0. The fourth-order valence-electron chi connectivity index (χ4n) is 4.80. The summed E-state index contributed by atoms with van der Waals surface area (Å²) in [4.78, 5) is 14.9.